The van der Waals surface area contributed by atoms with Crippen LogP contribution in [0.3, 0.4) is 0 Å². The summed E-state index contributed by atoms with van der Waals surface area (Å²) in [6, 6.07) is 13.4. The first-order chi connectivity index (χ1) is 8.56. The minimum Gasteiger partial charge on any atom is -0.457 e. The SMILES string of the molecule is Cc1cc(C(N)=S)ccc1Oc1ccc(Br)cc1. The van der Waals surface area contributed by atoms with Gasteiger partial charge in [0, 0.05) is 10.0 Å². The Morgan fingerprint density at radius 1 is 1.17 bits per heavy atom. The van der Waals surface area contributed by atoms with Crippen molar-refractivity contribution in [2.45, 2.75) is 6.92 Å². The number of nitrogens with two attached hydrogens (primary N) is 1. The third-order valence-electron chi connectivity index (χ3n) is 2.50. The second-order valence-corrected chi connectivity index (χ2v) is 5.26. The van der Waals surface area contributed by atoms with Gasteiger partial charge in [-0.1, -0.05) is 28.1 Å². The van der Waals surface area contributed by atoms with Gasteiger partial charge in [0.05, 0.1) is 0 Å². The fourth-order valence-corrected chi connectivity index (χ4v) is 1.94. The van der Waals surface area contributed by atoms with Crippen molar-refractivity contribution in [3.05, 3.63) is 58.1 Å². The molecule has 0 unspecified atom stereocenters. The first-order valence-corrected chi connectivity index (χ1v) is 6.60. The quantitative estimate of drug-likeness (QED) is 0.861. The second-order valence-electron chi connectivity index (χ2n) is 3.90. The number of hydrogen-bond acceptors (Lipinski definition) is 2. The van der Waals surface area contributed by atoms with E-state index in [4.69, 9.17) is 22.7 Å². The van der Waals surface area contributed by atoms with E-state index in [1.807, 2.05) is 49.4 Å². The lowest BCUT2D eigenvalue weighted by molar-refractivity contribution is 0.479. The van der Waals surface area contributed by atoms with E-state index in [2.05, 4.69) is 15.9 Å². The van der Waals surface area contributed by atoms with Crippen molar-refractivity contribution in [1.82, 2.24) is 0 Å². The normalized spacial score (nSPS) is 10.1. The molecule has 0 saturated carbocycles. The highest BCUT2D eigenvalue weighted by Crippen LogP contribution is 2.26. The summed E-state index contributed by atoms with van der Waals surface area (Å²) in [6.07, 6.45) is 0. The standard InChI is InChI=1S/C14H12BrNOS/c1-9-8-10(14(16)18)2-7-13(9)17-12-5-3-11(15)4-6-12/h2-8H,1H3,(H2,16,18). The van der Waals surface area contributed by atoms with E-state index in [9.17, 15) is 0 Å². The summed E-state index contributed by atoms with van der Waals surface area (Å²) < 4.78 is 6.82. The molecule has 0 radical (unpaired) electrons. The Morgan fingerprint density at radius 2 is 1.83 bits per heavy atom. The Labute approximate surface area is 120 Å². The molecule has 0 atom stereocenters. The number of thiocarbonyl (C=S) groups is 1. The number of benzene rings is 2. The lowest BCUT2D eigenvalue weighted by Crippen LogP contribution is -2.09. The monoisotopic (exact) mass is 321 g/mol. The van der Waals surface area contributed by atoms with Crippen LogP contribution in [0.2, 0.25) is 0 Å². The van der Waals surface area contributed by atoms with Crippen molar-refractivity contribution in [3.8, 4) is 11.5 Å². The van der Waals surface area contributed by atoms with Gasteiger partial charge < -0.3 is 10.5 Å². The Kier molecular flexibility index (Phi) is 3.99. The van der Waals surface area contributed by atoms with Crippen LogP contribution in [0.4, 0.5) is 0 Å². The predicted molar refractivity (Wildman–Crippen MR) is 81.3 cm³/mol. The Hall–Kier alpha value is -1.39. The van der Waals surface area contributed by atoms with Crippen LogP contribution >= 0.6 is 28.1 Å². The molecule has 0 aliphatic heterocycles. The molecule has 2 aromatic carbocycles. The first-order valence-electron chi connectivity index (χ1n) is 5.40. The number of ether oxygens (including phenoxy) is 1. The molecule has 0 bridgehead atoms. The molecule has 2 rings (SSSR count). The fraction of sp³-hybridized carbons (Fsp3) is 0.0714. The van der Waals surface area contributed by atoms with E-state index in [0.717, 1.165) is 27.1 Å². The molecule has 0 aliphatic carbocycles. The Morgan fingerprint density at radius 3 is 2.39 bits per heavy atom. The molecule has 2 aromatic rings. The van der Waals surface area contributed by atoms with Crippen molar-refractivity contribution in [1.29, 1.82) is 0 Å². The second kappa shape index (κ2) is 5.50. The number of aryl methyl sites for hydroxylation is 1. The summed E-state index contributed by atoms with van der Waals surface area (Å²) in [6.45, 7) is 1.97. The molecular formula is C14H12BrNOS. The third-order valence-corrected chi connectivity index (χ3v) is 3.27. The van der Waals surface area contributed by atoms with Crippen LogP contribution in [-0.4, -0.2) is 4.99 Å². The van der Waals surface area contributed by atoms with Gasteiger partial charge in [-0.25, -0.2) is 0 Å². The maximum atomic E-state index is 5.79. The Bertz CT molecular complexity index is 581. The van der Waals surface area contributed by atoms with Crippen LogP contribution in [0.5, 0.6) is 11.5 Å². The summed E-state index contributed by atoms with van der Waals surface area (Å²) in [5.74, 6) is 1.60. The number of halogens is 1. The Balaban J connectivity index is 2.24. The molecule has 92 valence electrons. The van der Waals surface area contributed by atoms with Crippen LogP contribution in [0, 0.1) is 6.92 Å². The van der Waals surface area contributed by atoms with Gasteiger partial charge >= 0.3 is 0 Å². The smallest absolute Gasteiger partial charge is 0.130 e. The summed E-state index contributed by atoms with van der Waals surface area (Å²) in [7, 11) is 0. The summed E-state index contributed by atoms with van der Waals surface area (Å²) in [5, 5.41) is 0. The highest BCUT2D eigenvalue weighted by molar-refractivity contribution is 9.10. The van der Waals surface area contributed by atoms with Crippen LogP contribution in [0.25, 0.3) is 0 Å². The first kappa shape index (κ1) is 13.1. The van der Waals surface area contributed by atoms with Gasteiger partial charge in [-0.15, -0.1) is 0 Å². The van der Waals surface area contributed by atoms with Gasteiger partial charge in [0.25, 0.3) is 0 Å². The van der Waals surface area contributed by atoms with Crippen LogP contribution < -0.4 is 10.5 Å². The maximum Gasteiger partial charge on any atom is 0.130 e. The van der Waals surface area contributed by atoms with E-state index >= 15 is 0 Å². The third kappa shape index (κ3) is 3.09. The molecule has 18 heavy (non-hydrogen) atoms. The van der Waals surface area contributed by atoms with E-state index in [-0.39, 0.29) is 0 Å². The van der Waals surface area contributed by atoms with Gasteiger partial charge in [-0.2, -0.15) is 0 Å². The molecule has 0 heterocycles. The van der Waals surface area contributed by atoms with E-state index in [0.29, 0.717) is 4.99 Å². The van der Waals surface area contributed by atoms with Crippen LogP contribution in [0.15, 0.2) is 46.9 Å². The number of hydrogen-bond donors (Lipinski definition) is 1. The summed E-state index contributed by atoms with van der Waals surface area (Å²) in [5.41, 5.74) is 7.44. The minimum absolute atomic E-state index is 0.397. The van der Waals surface area contributed by atoms with Gasteiger partial charge in [0.1, 0.15) is 16.5 Å². The van der Waals surface area contributed by atoms with Gasteiger partial charge in [-0.3, -0.25) is 0 Å². The van der Waals surface area contributed by atoms with Crippen LogP contribution in [0.1, 0.15) is 11.1 Å². The van der Waals surface area contributed by atoms with Gasteiger partial charge in [-0.05, 0) is 55.0 Å². The molecule has 0 spiro atoms. The highest BCUT2D eigenvalue weighted by Gasteiger charge is 2.04. The molecular weight excluding hydrogens is 310 g/mol. The molecule has 0 saturated heterocycles. The van der Waals surface area contributed by atoms with E-state index in [1.54, 1.807) is 0 Å². The molecule has 0 aliphatic rings. The molecule has 2 nitrogen and oxygen atoms in total. The topological polar surface area (TPSA) is 35.2 Å². The van der Waals surface area contributed by atoms with Crippen molar-refractivity contribution in [2.24, 2.45) is 5.73 Å². The van der Waals surface area contributed by atoms with Gasteiger partial charge in [0.15, 0.2) is 0 Å². The van der Waals surface area contributed by atoms with Crippen molar-refractivity contribution >= 4 is 33.1 Å². The van der Waals surface area contributed by atoms with Crippen molar-refractivity contribution in [2.75, 3.05) is 0 Å². The largest absolute Gasteiger partial charge is 0.457 e. The number of rotatable bonds is 3. The van der Waals surface area contributed by atoms with Gasteiger partial charge in [0.2, 0.25) is 0 Å². The van der Waals surface area contributed by atoms with Crippen LogP contribution in [-0.2, 0) is 0 Å². The molecule has 0 amide bonds. The van der Waals surface area contributed by atoms with E-state index < -0.39 is 0 Å². The zero-order valence-corrected chi connectivity index (χ0v) is 12.2. The molecule has 4 heteroatoms. The average molecular weight is 322 g/mol. The zero-order chi connectivity index (χ0) is 13.1. The predicted octanol–water partition coefficient (Wildman–Crippen LogP) is 4.18. The lowest BCUT2D eigenvalue weighted by atomic mass is 10.1. The summed E-state index contributed by atoms with van der Waals surface area (Å²) >= 11 is 8.33. The minimum atomic E-state index is 0.397. The summed E-state index contributed by atoms with van der Waals surface area (Å²) in [4.78, 5) is 0.397. The maximum absolute atomic E-state index is 5.79. The molecule has 0 fully saturated rings. The van der Waals surface area contributed by atoms with Crippen molar-refractivity contribution < 1.29 is 4.74 Å². The molecule has 0 aromatic heterocycles. The van der Waals surface area contributed by atoms with E-state index in [1.165, 1.54) is 0 Å². The lowest BCUT2D eigenvalue weighted by Gasteiger charge is -2.10. The fourth-order valence-electron chi connectivity index (χ4n) is 1.55. The highest BCUT2D eigenvalue weighted by atomic mass is 79.9. The average Bonchev–Trinajstić information content (AvgIpc) is 2.34. The zero-order valence-electron chi connectivity index (χ0n) is 9.81. The van der Waals surface area contributed by atoms with Crippen molar-refractivity contribution in [3.63, 3.8) is 0 Å². The molecule has 2 N–H and O–H groups in total.